The minimum Gasteiger partial charge on any atom is -0.495 e. The number of carbonyl (C=O) groups is 3. The van der Waals surface area contributed by atoms with Crippen LogP contribution in [-0.4, -0.2) is 37.6 Å². The van der Waals surface area contributed by atoms with Crippen LogP contribution >= 0.6 is 11.3 Å². The van der Waals surface area contributed by atoms with E-state index in [1.54, 1.807) is 56.3 Å². The summed E-state index contributed by atoms with van der Waals surface area (Å²) in [6.07, 6.45) is 1.90. The van der Waals surface area contributed by atoms with Crippen LogP contribution in [0.25, 0.3) is 0 Å². The number of thiophene rings is 1. The van der Waals surface area contributed by atoms with Crippen LogP contribution in [0.1, 0.15) is 58.3 Å². The molecule has 0 fully saturated rings. The van der Waals surface area contributed by atoms with E-state index in [1.165, 1.54) is 18.4 Å². The number of methoxy groups -OCH3 is 1. The number of esters is 1. The molecule has 200 valence electrons. The molecule has 0 saturated heterocycles. The molecule has 3 aromatic rings. The van der Waals surface area contributed by atoms with Gasteiger partial charge in [-0.05, 0) is 81.0 Å². The van der Waals surface area contributed by atoms with Crippen molar-refractivity contribution in [2.75, 3.05) is 24.4 Å². The van der Waals surface area contributed by atoms with E-state index < -0.39 is 12.1 Å². The van der Waals surface area contributed by atoms with E-state index >= 15 is 0 Å². The highest BCUT2D eigenvalue weighted by atomic mass is 32.1. The van der Waals surface area contributed by atoms with Crippen LogP contribution < -0.4 is 20.1 Å². The Morgan fingerprint density at radius 1 is 1.08 bits per heavy atom. The highest BCUT2D eigenvalue weighted by molar-refractivity contribution is 7.17. The van der Waals surface area contributed by atoms with Gasteiger partial charge in [0.25, 0.3) is 11.8 Å². The zero-order valence-electron chi connectivity index (χ0n) is 22.0. The van der Waals surface area contributed by atoms with Crippen molar-refractivity contribution in [2.24, 2.45) is 5.92 Å². The Balaban J connectivity index is 1.42. The molecule has 38 heavy (non-hydrogen) atoms. The summed E-state index contributed by atoms with van der Waals surface area (Å²) in [5.41, 5.74) is 2.42. The fourth-order valence-electron chi connectivity index (χ4n) is 4.36. The highest BCUT2D eigenvalue weighted by Crippen LogP contribution is 2.40. The number of carbonyl (C=O) groups excluding carboxylic acids is 3. The van der Waals surface area contributed by atoms with E-state index in [1.807, 2.05) is 6.07 Å². The minimum absolute atomic E-state index is 0.268. The first-order valence-corrected chi connectivity index (χ1v) is 13.5. The molecule has 0 saturated carbocycles. The Morgan fingerprint density at radius 3 is 2.53 bits per heavy atom. The Hall–Kier alpha value is -3.85. The second-order valence-electron chi connectivity index (χ2n) is 9.20. The summed E-state index contributed by atoms with van der Waals surface area (Å²) < 4.78 is 16.3. The van der Waals surface area contributed by atoms with Gasteiger partial charge in [0.1, 0.15) is 16.5 Å². The third kappa shape index (κ3) is 6.16. The number of ether oxygens (including phenoxy) is 3. The lowest BCUT2D eigenvalue weighted by atomic mass is 9.88. The van der Waals surface area contributed by atoms with Gasteiger partial charge in [0.05, 0.1) is 25.0 Å². The highest BCUT2D eigenvalue weighted by Gasteiger charge is 2.29. The Labute approximate surface area is 226 Å². The van der Waals surface area contributed by atoms with Gasteiger partial charge in [-0.3, -0.25) is 9.59 Å². The summed E-state index contributed by atoms with van der Waals surface area (Å²) in [7, 11) is 1.54. The Morgan fingerprint density at radius 2 is 1.82 bits per heavy atom. The Bertz CT molecular complexity index is 1320. The van der Waals surface area contributed by atoms with Crippen molar-refractivity contribution < 1.29 is 28.6 Å². The molecule has 2 aromatic carbocycles. The first-order chi connectivity index (χ1) is 18.3. The number of amides is 2. The van der Waals surface area contributed by atoms with Gasteiger partial charge in [0.2, 0.25) is 0 Å². The summed E-state index contributed by atoms with van der Waals surface area (Å²) in [6, 6.07) is 13.6. The van der Waals surface area contributed by atoms with Crippen LogP contribution in [0.2, 0.25) is 0 Å². The molecule has 8 nitrogen and oxygen atoms in total. The molecule has 2 atom stereocenters. The third-order valence-corrected chi connectivity index (χ3v) is 7.55. The van der Waals surface area contributed by atoms with E-state index in [2.05, 4.69) is 17.6 Å². The van der Waals surface area contributed by atoms with Gasteiger partial charge in [0.15, 0.2) is 6.10 Å². The largest absolute Gasteiger partial charge is 0.495 e. The molecule has 1 aliphatic rings. The zero-order valence-corrected chi connectivity index (χ0v) is 22.8. The Kier molecular flexibility index (Phi) is 8.68. The van der Waals surface area contributed by atoms with E-state index in [-0.39, 0.29) is 18.4 Å². The summed E-state index contributed by atoms with van der Waals surface area (Å²) in [6.45, 7) is 5.87. The van der Waals surface area contributed by atoms with E-state index in [9.17, 15) is 14.4 Å². The van der Waals surface area contributed by atoms with Crippen LogP contribution in [0.4, 0.5) is 10.7 Å². The van der Waals surface area contributed by atoms with Gasteiger partial charge in [0, 0.05) is 10.4 Å². The van der Waals surface area contributed by atoms with Crippen molar-refractivity contribution in [2.45, 2.75) is 46.1 Å². The van der Waals surface area contributed by atoms with E-state index in [0.717, 1.165) is 29.7 Å². The lowest BCUT2D eigenvalue weighted by Gasteiger charge is -2.18. The SMILES string of the molecule is CCOC(=O)c1c(NC(=O)c2ccc(O[C@@H](C)C(=O)Nc3ccccc3OC)cc2)sc2c1CC[C@@H](C)C2. The smallest absolute Gasteiger partial charge is 0.341 e. The summed E-state index contributed by atoms with van der Waals surface area (Å²) in [5, 5.41) is 6.23. The van der Waals surface area contributed by atoms with Crippen molar-refractivity contribution in [3.05, 3.63) is 70.1 Å². The molecule has 0 unspecified atom stereocenters. The van der Waals surface area contributed by atoms with Gasteiger partial charge in [-0.25, -0.2) is 4.79 Å². The van der Waals surface area contributed by atoms with Crippen LogP contribution in [0, 0.1) is 5.92 Å². The van der Waals surface area contributed by atoms with Gasteiger partial charge >= 0.3 is 5.97 Å². The minimum atomic E-state index is -0.786. The molecule has 4 rings (SSSR count). The molecule has 2 amide bonds. The molecule has 0 radical (unpaired) electrons. The maximum absolute atomic E-state index is 13.1. The number of anilines is 2. The van der Waals surface area contributed by atoms with Crippen LogP contribution in [0.5, 0.6) is 11.5 Å². The number of hydrogen-bond donors (Lipinski definition) is 2. The third-order valence-electron chi connectivity index (χ3n) is 6.38. The average Bonchev–Trinajstić information content (AvgIpc) is 3.26. The first kappa shape index (κ1) is 27.2. The number of para-hydroxylation sites is 2. The summed E-state index contributed by atoms with van der Waals surface area (Å²) in [5.74, 6) is 0.452. The number of nitrogens with one attached hydrogen (secondary N) is 2. The van der Waals surface area contributed by atoms with Gasteiger partial charge in [-0.15, -0.1) is 11.3 Å². The molecular weight excluding hydrogens is 504 g/mol. The quantitative estimate of drug-likeness (QED) is 0.339. The molecule has 0 spiro atoms. The molecular formula is C29H32N2O6S. The average molecular weight is 537 g/mol. The number of rotatable bonds is 9. The zero-order chi connectivity index (χ0) is 27.2. The lowest BCUT2D eigenvalue weighted by Crippen LogP contribution is -2.30. The monoisotopic (exact) mass is 536 g/mol. The van der Waals surface area contributed by atoms with Crippen molar-refractivity contribution in [3.63, 3.8) is 0 Å². The molecule has 9 heteroatoms. The summed E-state index contributed by atoms with van der Waals surface area (Å²) >= 11 is 1.45. The molecule has 0 bridgehead atoms. The predicted octanol–water partition coefficient (Wildman–Crippen LogP) is 5.72. The topological polar surface area (TPSA) is 103 Å². The first-order valence-electron chi connectivity index (χ1n) is 12.6. The number of benzene rings is 2. The summed E-state index contributed by atoms with van der Waals surface area (Å²) in [4.78, 5) is 39.5. The van der Waals surface area contributed by atoms with Gasteiger partial charge in [-0.2, -0.15) is 0 Å². The number of hydrogen-bond acceptors (Lipinski definition) is 7. The van der Waals surface area contributed by atoms with E-state index in [0.29, 0.717) is 39.2 Å². The second-order valence-corrected chi connectivity index (χ2v) is 10.3. The molecule has 1 heterocycles. The van der Waals surface area contributed by atoms with Gasteiger partial charge in [-0.1, -0.05) is 19.1 Å². The normalized spacial score (nSPS) is 15.1. The van der Waals surface area contributed by atoms with Crippen LogP contribution in [-0.2, 0) is 22.4 Å². The van der Waals surface area contributed by atoms with Gasteiger partial charge < -0.3 is 24.8 Å². The van der Waals surface area contributed by atoms with Crippen molar-refractivity contribution in [3.8, 4) is 11.5 Å². The fraction of sp³-hybridized carbons (Fsp3) is 0.345. The maximum Gasteiger partial charge on any atom is 0.341 e. The predicted molar refractivity (Wildman–Crippen MR) is 148 cm³/mol. The molecule has 1 aromatic heterocycles. The van der Waals surface area contributed by atoms with Crippen molar-refractivity contribution >= 4 is 39.8 Å². The lowest BCUT2D eigenvalue weighted by molar-refractivity contribution is -0.122. The number of fused-ring (bicyclic) bond motifs is 1. The molecule has 0 aliphatic heterocycles. The molecule has 2 N–H and O–H groups in total. The van der Waals surface area contributed by atoms with Crippen LogP contribution in [0.15, 0.2) is 48.5 Å². The second kappa shape index (κ2) is 12.1. The van der Waals surface area contributed by atoms with Crippen molar-refractivity contribution in [1.82, 2.24) is 0 Å². The van der Waals surface area contributed by atoms with E-state index in [4.69, 9.17) is 14.2 Å². The molecule has 1 aliphatic carbocycles. The van der Waals surface area contributed by atoms with Crippen LogP contribution in [0.3, 0.4) is 0 Å². The maximum atomic E-state index is 13.1. The fourth-order valence-corrected chi connectivity index (χ4v) is 5.75. The standard InChI is InChI=1S/C29H32N2O6S/c1-5-36-29(34)25-21-15-10-17(2)16-24(21)38-28(25)31-27(33)19-11-13-20(14-12-19)37-18(3)26(32)30-22-8-6-7-9-23(22)35-4/h6-9,11-14,17-18H,5,10,15-16H2,1-4H3,(H,30,32)(H,31,33)/t17-,18+/m1/s1. The van der Waals surface area contributed by atoms with Crippen molar-refractivity contribution in [1.29, 1.82) is 0 Å².